The van der Waals surface area contributed by atoms with Gasteiger partial charge in [0.25, 0.3) is 0 Å². The molecule has 1 aromatic rings. The van der Waals surface area contributed by atoms with Crippen molar-refractivity contribution in [3.05, 3.63) is 35.7 Å². The number of hydrogen-bond donors (Lipinski definition) is 0. The van der Waals surface area contributed by atoms with Gasteiger partial charge in [-0.25, -0.2) is 4.79 Å². The fraction of sp³-hybridized carbons (Fsp3) is 0.333. The second kappa shape index (κ2) is 5.30. The third kappa shape index (κ3) is 3.08. The van der Waals surface area contributed by atoms with E-state index >= 15 is 0 Å². The summed E-state index contributed by atoms with van der Waals surface area (Å²) < 4.78 is 10.0. The van der Waals surface area contributed by atoms with Gasteiger partial charge in [-0.05, 0) is 25.5 Å². The zero-order valence-corrected chi connectivity index (χ0v) is 9.74. The minimum atomic E-state index is -0.411. The molecule has 4 heteroatoms. The van der Waals surface area contributed by atoms with Crippen molar-refractivity contribution in [3.63, 3.8) is 0 Å². The molecule has 0 saturated heterocycles. The summed E-state index contributed by atoms with van der Waals surface area (Å²) in [6.45, 7) is 7.74. The first-order chi connectivity index (χ1) is 7.54. The Morgan fingerprint density at radius 1 is 1.56 bits per heavy atom. The Bertz CT molecular complexity index is 413. The number of aromatic nitrogens is 1. The van der Waals surface area contributed by atoms with Crippen LogP contribution in [0.3, 0.4) is 0 Å². The highest BCUT2D eigenvalue weighted by atomic mass is 16.5. The van der Waals surface area contributed by atoms with Crippen LogP contribution < -0.4 is 4.74 Å². The van der Waals surface area contributed by atoms with Crippen molar-refractivity contribution in [3.8, 4) is 5.75 Å². The second-order valence-electron chi connectivity index (χ2n) is 3.54. The molecule has 0 atom stereocenters. The van der Waals surface area contributed by atoms with E-state index in [9.17, 15) is 4.79 Å². The molecule has 0 bridgehead atoms. The van der Waals surface area contributed by atoms with E-state index in [1.807, 2.05) is 6.92 Å². The number of carbonyl (C=O) groups excluding carboxylic acids is 1. The van der Waals surface area contributed by atoms with Crippen molar-refractivity contribution in [2.24, 2.45) is 0 Å². The Balaban J connectivity index is 2.89. The second-order valence-corrected chi connectivity index (χ2v) is 3.54. The molecule has 4 nitrogen and oxygen atoms in total. The normalized spacial score (nSPS) is 9.69. The average Bonchev–Trinajstić information content (AvgIpc) is 2.27. The Morgan fingerprint density at radius 3 is 2.81 bits per heavy atom. The zero-order chi connectivity index (χ0) is 12.1. The van der Waals surface area contributed by atoms with Crippen LogP contribution in [-0.2, 0) is 4.74 Å². The van der Waals surface area contributed by atoms with E-state index in [-0.39, 0.29) is 0 Å². The lowest BCUT2D eigenvalue weighted by molar-refractivity contribution is 0.0599. The molecule has 0 aromatic carbocycles. The van der Waals surface area contributed by atoms with Gasteiger partial charge in [-0.3, -0.25) is 4.98 Å². The number of esters is 1. The minimum absolute atomic E-state index is 0.408. The molecule has 0 fully saturated rings. The molecule has 1 aromatic heterocycles. The predicted octanol–water partition coefficient (Wildman–Crippen LogP) is 2.13. The smallest absolute Gasteiger partial charge is 0.339 e. The van der Waals surface area contributed by atoms with Gasteiger partial charge in [0, 0.05) is 0 Å². The van der Waals surface area contributed by atoms with Crippen LogP contribution in [0.15, 0.2) is 24.4 Å². The van der Waals surface area contributed by atoms with Gasteiger partial charge in [0.15, 0.2) is 0 Å². The highest BCUT2D eigenvalue weighted by molar-refractivity contribution is 5.90. The van der Waals surface area contributed by atoms with Gasteiger partial charge in [0.05, 0.1) is 24.6 Å². The first-order valence-electron chi connectivity index (χ1n) is 4.86. The standard InChI is InChI=1S/C12H15NO3/c1-8(2)7-16-10-5-11(12(14)15-4)9(3)13-6-10/h5-6H,1,7H2,2-4H3. The number of pyridine rings is 1. The Labute approximate surface area is 94.9 Å². The Morgan fingerprint density at radius 2 is 2.25 bits per heavy atom. The van der Waals surface area contributed by atoms with Gasteiger partial charge in [-0.1, -0.05) is 6.58 Å². The fourth-order valence-corrected chi connectivity index (χ4v) is 1.12. The highest BCUT2D eigenvalue weighted by Gasteiger charge is 2.11. The van der Waals surface area contributed by atoms with E-state index in [1.54, 1.807) is 19.2 Å². The van der Waals surface area contributed by atoms with Gasteiger partial charge in [0.2, 0.25) is 0 Å². The average molecular weight is 221 g/mol. The molecule has 0 unspecified atom stereocenters. The quantitative estimate of drug-likeness (QED) is 0.577. The van der Waals surface area contributed by atoms with Crippen molar-refractivity contribution in [2.45, 2.75) is 13.8 Å². The molecule has 86 valence electrons. The van der Waals surface area contributed by atoms with Gasteiger partial charge < -0.3 is 9.47 Å². The first-order valence-corrected chi connectivity index (χ1v) is 4.86. The predicted molar refractivity (Wildman–Crippen MR) is 60.6 cm³/mol. The molecule has 1 rings (SSSR count). The minimum Gasteiger partial charge on any atom is -0.488 e. The number of hydrogen-bond acceptors (Lipinski definition) is 4. The van der Waals surface area contributed by atoms with Crippen LogP contribution >= 0.6 is 0 Å². The lowest BCUT2D eigenvalue weighted by atomic mass is 10.2. The third-order valence-electron chi connectivity index (χ3n) is 1.95. The Hall–Kier alpha value is -1.84. The van der Waals surface area contributed by atoms with Crippen molar-refractivity contribution in [1.29, 1.82) is 0 Å². The lowest BCUT2D eigenvalue weighted by Crippen LogP contribution is -2.06. The summed E-state index contributed by atoms with van der Waals surface area (Å²) in [4.78, 5) is 15.5. The van der Waals surface area contributed by atoms with E-state index in [1.165, 1.54) is 7.11 Å². The first kappa shape index (κ1) is 12.2. The summed E-state index contributed by atoms with van der Waals surface area (Å²) >= 11 is 0. The molecule has 0 amide bonds. The van der Waals surface area contributed by atoms with Crippen LogP contribution in [0.1, 0.15) is 23.0 Å². The third-order valence-corrected chi connectivity index (χ3v) is 1.95. The molecule has 0 aliphatic carbocycles. The van der Waals surface area contributed by atoms with E-state index in [2.05, 4.69) is 16.3 Å². The van der Waals surface area contributed by atoms with Crippen LogP contribution in [0.5, 0.6) is 5.75 Å². The van der Waals surface area contributed by atoms with E-state index in [0.29, 0.717) is 23.6 Å². The van der Waals surface area contributed by atoms with Gasteiger partial charge >= 0.3 is 5.97 Å². The van der Waals surface area contributed by atoms with Crippen LogP contribution in [0.4, 0.5) is 0 Å². The summed E-state index contributed by atoms with van der Waals surface area (Å²) in [5.74, 6) is 0.125. The number of aryl methyl sites for hydroxylation is 1. The molecule has 0 aliphatic rings. The number of rotatable bonds is 4. The summed E-state index contributed by atoms with van der Waals surface area (Å²) in [7, 11) is 1.34. The lowest BCUT2D eigenvalue weighted by Gasteiger charge is -2.08. The summed E-state index contributed by atoms with van der Waals surface area (Å²) in [6.07, 6.45) is 1.57. The monoisotopic (exact) mass is 221 g/mol. The molecule has 16 heavy (non-hydrogen) atoms. The van der Waals surface area contributed by atoms with Crippen molar-refractivity contribution < 1.29 is 14.3 Å². The fourth-order valence-electron chi connectivity index (χ4n) is 1.12. The summed E-state index contributed by atoms with van der Waals surface area (Å²) in [6, 6.07) is 1.62. The van der Waals surface area contributed by atoms with Crippen molar-refractivity contribution in [2.75, 3.05) is 13.7 Å². The maximum Gasteiger partial charge on any atom is 0.339 e. The zero-order valence-electron chi connectivity index (χ0n) is 9.74. The number of carbonyl (C=O) groups is 1. The van der Waals surface area contributed by atoms with E-state index < -0.39 is 5.97 Å². The maximum absolute atomic E-state index is 11.4. The SMILES string of the molecule is C=C(C)COc1cnc(C)c(C(=O)OC)c1. The van der Waals surface area contributed by atoms with E-state index in [4.69, 9.17) is 4.74 Å². The number of ether oxygens (including phenoxy) is 2. The molecule has 0 radical (unpaired) electrons. The molecule has 0 N–H and O–H groups in total. The number of methoxy groups -OCH3 is 1. The van der Waals surface area contributed by atoms with Crippen LogP contribution in [-0.4, -0.2) is 24.7 Å². The van der Waals surface area contributed by atoms with Gasteiger partial charge in [-0.2, -0.15) is 0 Å². The number of nitrogens with zero attached hydrogens (tertiary/aromatic N) is 1. The molecular weight excluding hydrogens is 206 g/mol. The highest BCUT2D eigenvalue weighted by Crippen LogP contribution is 2.16. The van der Waals surface area contributed by atoms with Crippen LogP contribution in [0.25, 0.3) is 0 Å². The molecule has 0 saturated carbocycles. The summed E-state index contributed by atoms with van der Waals surface area (Å²) in [5.41, 5.74) is 1.94. The van der Waals surface area contributed by atoms with Crippen molar-refractivity contribution in [1.82, 2.24) is 4.98 Å². The van der Waals surface area contributed by atoms with Gasteiger partial charge in [-0.15, -0.1) is 0 Å². The largest absolute Gasteiger partial charge is 0.488 e. The van der Waals surface area contributed by atoms with Crippen molar-refractivity contribution >= 4 is 5.97 Å². The van der Waals surface area contributed by atoms with E-state index in [0.717, 1.165) is 5.57 Å². The molecule has 1 heterocycles. The topological polar surface area (TPSA) is 48.4 Å². The van der Waals surface area contributed by atoms with Crippen LogP contribution in [0.2, 0.25) is 0 Å². The molecule has 0 spiro atoms. The van der Waals surface area contributed by atoms with Gasteiger partial charge in [0.1, 0.15) is 12.4 Å². The molecular formula is C12H15NO3. The summed E-state index contributed by atoms with van der Waals surface area (Å²) in [5, 5.41) is 0. The van der Waals surface area contributed by atoms with Crippen LogP contribution in [0, 0.1) is 6.92 Å². The maximum atomic E-state index is 11.4. The molecule has 0 aliphatic heterocycles. The Kier molecular flexibility index (Phi) is 4.05.